The number of aryl methyl sites for hydroxylation is 1. The lowest BCUT2D eigenvalue weighted by Crippen LogP contribution is -2.58. The number of nitrogens with zero attached hydrogens (tertiary/aromatic N) is 5. The lowest BCUT2D eigenvalue weighted by Gasteiger charge is -2.49. The van der Waals surface area contributed by atoms with Crippen LogP contribution >= 0.6 is 11.3 Å². The summed E-state index contributed by atoms with van der Waals surface area (Å²) in [5, 5.41) is 17.2. The van der Waals surface area contributed by atoms with Crippen LogP contribution in [0.5, 0.6) is 0 Å². The number of nitrogens with one attached hydrogen (secondary N) is 3. The standard InChI is InChI=1S/C22H30N8OS/c1-13-9-18(28-27-13)24-20-17-7-8-32-21(17)26-22(25-20)23-14-10-15-5-4-6-16(11-14)30(15)19(31)12-29(2)3/h7-9,14-16H,4-6,10-12H2,1-3H3,(H3,23,24,25,26,27,28)/t14-,15-,16+. The van der Waals surface area contributed by atoms with Crippen molar-refractivity contribution in [3.8, 4) is 0 Å². The second kappa shape index (κ2) is 8.67. The van der Waals surface area contributed by atoms with Gasteiger partial charge in [0.2, 0.25) is 11.9 Å². The molecule has 3 aromatic rings. The van der Waals surface area contributed by atoms with Crippen LogP contribution in [0.4, 0.5) is 17.6 Å². The van der Waals surface area contributed by atoms with Gasteiger partial charge in [0.25, 0.3) is 0 Å². The van der Waals surface area contributed by atoms with Gasteiger partial charge in [-0.3, -0.25) is 9.89 Å². The van der Waals surface area contributed by atoms with E-state index in [0.29, 0.717) is 24.6 Å². The molecule has 2 bridgehead atoms. The Balaban J connectivity index is 1.34. The van der Waals surface area contributed by atoms with Gasteiger partial charge in [0, 0.05) is 29.9 Å². The van der Waals surface area contributed by atoms with Gasteiger partial charge >= 0.3 is 0 Å². The third-order valence-corrected chi connectivity index (χ3v) is 7.13. The fraction of sp³-hybridized carbons (Fsp3) is 0.545. The average molecular weight is 455 g/mol. The fourth-order valence-electron chi connectivity index (χ4n) is 5.06. The molecule has 0 saturated carbocycles. The molecule has 10 heteroatoms. The van der Waals surface area contributed by atoms with Gasteiger partial charge in [0.15, 0.2) is 5.82 Å². The first-order valence-corrected chi connectivity index (χ1v) is 12.1. The number of likely N-dealkylation sites (N-methyl/N-ethyl adjacent to an activating group) is 1. The molecule has 3 atom stereocenters. The minimum Gasteiger partial charge on any atom is -0.351 e. The van der Waals surface area contributed by atoms with Crippen molar-refractivity contribution in [3.63, 3.8) is 0 Å². The van der Waals surface area contributed by atoms with Gasteiger partial charge in [-0.05, 0) is 64.6 Å². The van der Waals surface area contributed by atoms with E-state index in [2.05, 4.69) is 25.7 Å². The summed E-state index contributed by atoms with van der Waals surface area (Å²) >= 11 is 1.60. The number of carbonyl (C=O) groups is 1. The van der Waals surface area contributed by atoms with E-state index in [1.54, 1.807) is 11.3 Å². The highest BCUT2D eigenvalue weighted by atomic mass is 32.1. The molecule has 9 nitrogen and oxygen atoms in total. The number of aromatic nitrogens is 4. The Bertz CT molecular complexity index is 1090. The minimum absolute atomic E-state index is 0.250. The number of hydrogen-bond acceptors (Lipinski definition) is 8. The monoisotopic (exact) mass is 454 g/mol. The van der Waals surface area contributed by atoms with Crippen LogP contribution in [-0.2, 0) is 4.79 Å². The number of piperidine rings is 2. The zero-order valence-electron chi connectivity index (χ0n) is 18.8. The number of carbonyl (C=O) groups excluding carboxylic acids is 1. The summed E-state index contributed by atoms with van der Waals surface area (Å²) in [7, 11) is 3.91. The quantitative estimate of drug-likeness (QED) is 0.525. The smallest absolute Gasteiger partial charge is 0.237 e. The predicted octanol–water partition coefficient (Wildman–Crippen LogP) is 3.35. The Morgan fingerprint density at radius 3 is 2.75 bits per heavy atom. The van der Waals surface area contributed by atoms with Crippen molar-refractivity contribution in [2.45, 2.75) is 57.2 Å². The largest absolute Gasteiger partial charge is 0.351 e. The summed E-state index contributed by atoms with van der Waals surface area (Å²) in [6.07, 6.45) is 5.21. The summed E-state index contributed by atoms with van der Waals surface area (Å²) in [4.78, 5) is 27.5. The molecule has 0 radical (unpaired) electrons. The van der Waals surface area contributed by atoms with Crippen molar-refractivity contribution in [1.29, 1.82) is 0 Å². The maximum Gasteiger partial charge on any atom is 0.237 e. The SMILES string of the molecule is Cc1cc(Nc2nc(N[C@@H]3C[C@H]4CCC[C@@H](C3)N4C(=O)CN(C)C)nc3sccc23)n[nH]1. The maximum atomic E-state index is 12.8. The molecule has 1 amide bonds. The van der Waals surface area contributed by atoms with Crippen molar-refractivity contribution in [2.24, 2.45) is 0 Å². The van der Waals surface area contributed by atoms with Crippen molar-refractivity contribution in [3.05, 3.63) is 23.2 Å². The molecule has 3 aromatic heterocycles. The number of fused-ring (bicyclic) bond motifs is 3. The lowest BCUT2D eigenvalue weighted by atomic mass is 9.81. The Hall–Kier alpha value is -2.72. The van der Waals surface area contributed by atoms with E-state index < -0.39 is 0 Å². The number of aromatic amines is 1. The number of hydrogen-bond donors (Lipinski definition) is 3. The van der Waals surface area contributed by atoms with E-state index in [9.17, 15) is 4.79 Å². The number of rotatable bonds is 6. The average Bonchev–Trinajstić information content (AvgIpc) is 3.35. The first kappa shape index (κ1) is 21.1. The normalized spacial score (nSPS) is 23.0. The van der Waals surface area contributed by atoms with E-state index in [4.69, 9.17) is 9.97 Å². The van der Waals surface area contributed by atoms with Crippen LogP contribution in [0.15, 0.2) is 17.5 Å². The molecular weight excluding hydrogens is 424 g/mol. The lowest BCUT2D eigenvalue weighted by molar-refractivity contribution is -0.141. The summed E-state index contributed by atoms with van der Waals surface area (Å²) in [5.41, 5.74) is 0.989. The Kier molecular flexibility index (Phi) is 5.73. The van der Waals surface area contributed by atoms with Crippen LogP contribution in [0.2, 0.25) is 0 Å². The molecule has 5 rings (SSSR count). The van der Waals surface area contributed by atoms with Crippen LogP contribution in [0.1, 0.15) is 37.8 Å². The van der Waals surface area contributed by atoms with Crippen LogP contribution in [-0.4, -0.2) is 74.6 Å². The third kappa shape index (κ3) is 4.29. The number of amides is 1. The topological polar surface area (TPSA) is 102 Å². The van der Waals surface area contributed by atoms with Gasteiger partial charge in [-0.1, -0.05) is 0 Å². The van der Waals surface area contributed by atoms with E-state index in [1.807, 2.05) is 43.4 Å². The molecule has 0 spiro atoms. The molecule has 32 heavy (non-hydrogen) atoms. The predicted molar refractivity (Wildman–Crippen MR) is 127 cm³/mol. The first-order chi connectivity index (χ1) is 15.5. The van der Waals surface area contributed by atoms with E-state index in [-0.39, 0.29) is 11.9 Å². The number of H-pyrrole nitrogens is 1. The van der Waals surface area contributed by atoms with Crippen LogP contribution in [0.25, 0.3) is 10.2 Å². The number of thiophene rings is 1. The molecule has 0 aliphatic carbocycles. The molecule has 0 aromatic carbocycles. The van der Waals surface area contributed by atoms with Crippen molar-refractivity contribution in [2.75, 3.05) is 31.3 Å². The molecular formula is C22H30N8OS. The first-order valence-electron chi connectivity index (χ1n) is 11.2. The molecule has 0 unspecified atom stereocenters. The highest BCUT2D eigenvalue weighted by Gasteiger charge is 2.40. The highest BCUT2D eigenvalue weighted by molar-refractivity contribution is 7.16. The summed E-state index contributed by atoms with van der Waals surface area (Å²) in [5.74, 6) is 2.37. The molecule has 170 valence electrons. The van der Waals surface area contributed by atoms with Crippen LogP contribution in [0.3, 0.4) is 0 Å². The Labute approximate surface area is 191 Å². The van der Waals surface area contributed by atoms with E-state index in [0.717, 1.165) is 53.2 Å². The second-order valence-electron chi connectivity index (χ2n) is 9.19. The van der Waals surface area contributed by atoms with Crippen LogP contribution < -0.4 is 10.6 Å². The van der Waals surface area contributed by atoms with Gasteiger partial charge in [-0.15, -0.1) is 11.3 Å². The summed E-state index contributed by atoms with van der Waals surface area (Å²) in [6, 6.07) is 4.83. The highest BCUT2D eigenvalue weighted by Crippen LogP contribution is 2.36. The number of anilines is 3. The van der Waals surface area contributed by atoms with Gasteiger partial charge in [0.05, 0.1) is 11.9 Å². The van der Waals surface area contributed by atoms with Crippen LogP contribution in [0, 0.1) is 6.92 Å². The maximum absolute atomic E-state index is 12.8. The molecule has 3 N–H and O–H groups in total. The fourth-order valence-corrected chi connectivity index (χ4v) is 5.82. The Morgan fingerprint density at radius 2 is 2.06 bits per heavy atom. The molecule has 2 saturated heterocycles. The van der Waals surface area contributed by atoms with Crippen molar-refractivity contribution >= 4 is 45.0 Å². The zero-order valence-corrected chi connectivity index (χ0v) is 19.6. The molecule has 2 fully saturated rings. The van der Waals surface area contributed by atoms with Crippen molar-refractivity contribution in [1.82, 2.24) is 30.0 Å². The molecule has 5 heterocycles. The van der Waals surface area contributed by atoms with Gasteiger partial charge < -0.3 is 20.4 Å². The van der Waals surface area contributed by atoms with E-state index >= 15 is 0 Å². The van der Waals surface area contributed by atoms with Gasteiger partial charge in [-0.25, -0.2) is 4.98 Å². The van der Waals surface area contributed by atoms with Crippen molar-refractivity contribution < 1.29 is 4.79 Å². The van der Waals surface area contributed by atoms with Gasteiger partial charge in [-0.2, -0.15) is 10.1 Å². The second-order valence-corrected chi connectivity index (χ2v) is 10.1. The van der Waals surface area contributed by atoms with Gasteiger partial charge in [0.1, 0.15) is 10.6 Å². The third-order valence-electron chi connectivity index (χ3n) is 6.32. The summed E-state index contributed by atoms with van der Waals surface area (Å²) < 4.78 is 0. The zero-order chi connectivity index (χ0) is 22.2. The molecule has 2 aliphatic rings. The Morgan fingerprint density at radius 1 is 1.28 bits per heavy atom. The summed E-state index contributed by atoms with van der Waals surface area (Å²) in [6.45, 7) is 2.45. The van der Waals surface area contributed by atoms with E-state index in [1.165, 1.54) is 6.42 Å². The molecule has 2 aliphatic heterocycles. The minimum atomic E-state index is 0.250.